The van der Waals surface area contributed by atoms with Crippen molar-refractivity contribution in [2.45, 2.75) is 39.3 Å². The summed E-state index contributed by atoms with van der Waals surface area (Å²) < 4.78 is 0.806. The van der Waals surface area contributed by atoms with Crippen molar-refractivity contribution >= 4 is 22.5 Å². The molecule has 0 aliphatic carbocycles. The van der Waals surface area contributed by atoms with Gasteiger partial charge in [0.1, 0.15) is 0 Å². The smallest absolute Gasteiger partial charge is 0.359 e. The van der Waals surface area contributed by atoms with Gasteiger partial charge < -0.3 is 9.13 Å². The van der Waals surface area contributed by atoms with Crippen LogP contribution in [-0.2, 0) is 0 Å². The van der Waals surface area contributed by atoms with Crippen molar-refractivity contribution in [1.29, 1.82) is 0 Å². The van der Waals surface area contributed by atoms with Crippen LogP contribution in [0.4, 0.5) is 4.79 Å². The molecule has 1 N–H and O–H groups in total. The summed E-state index contributed by atoms with van der Waals surface area (Å²) in [7, 11) is -2.97. The molecule has 1 rings (SSSR count). The molecule has 0 spiro atoms. The first-order chi connectivity index (χ1) is 6.13. The van der Waals surface area contributed by atoms with Crippen molar-refractivity contribution < 1.29 is 8.61 Å². The zero-order valence-corrected chi connectivity index (χ0v) is 12.3. The molecule has 0 radical (unpaired) electrons. The molecule has 82 valence electrons. The molecule has 1 aliphatic heterocycles. The van der Waals surface area contributed by atoms with Crippen LogP contribution in [0.25, 0.3) is 0 Å². The Kier molecular flexibility index (Phi) is 2.71. The average molecular weight is 231 g/mol. The number of hydrogen-bond acceptors (Lipinski definition) is 1. The molecular formula is C9H23N2OSi2+. The van der Waals surface area contributed by atoms with Gasteiger partial charge in [0, 0.05) is 0 Å². The number of amides is 2. The van der Waals surface area contributed by atoms with Crippen LogP contribution in [-0.4, -0.2) is 39.4 Å². The third kappa shape index (κ3) is 1.47. The second kappa shape index (κ2) is 3.18. The van der Waals surface area contributed by atoms with E-state index in [1.54, 1.807) is 0 Å². The molecule has 1 heterocycles. The highest BCUT2D eigenvalue weighted by atomic mass is 28.4. The Morgan fingerprint density at radius 3 is 1.64 bits per heavy atom. The molecule has 0 unspecified atom stereocenters. The van der Waals surface area contributed by atoms with E-state index < -0.39 is 16.5 Å². The van der Waals surface area contributed by atoms with Crippen molar-refractivity contribution in [2.24, 2.45) is 0 Å². The van der Waals surface area contributed by atoms with Crippen LogP contribution in [0.3, 0.4) is 0 Å². The van der Waals surface area contributed by atoms with E-state index in [-0.39, 0.29) is 0 Å². The van der Waals surface area contributed by atoms with Gasteiger partial charge in [-0.1, -0.05) is 0 Å². The zero-order valence-electron chi connectivity index (χ0n) is 10.3. The van der Waals surface area contributed by atoms with Crippen LogP contribution in [0.2, 0.25) is 39.3 Å². The van der Waals surface area contributed by atoms with Gasteiger partial charge in [0.05, 0.1) is 13.1 Å². The fourth-order valence-electron chi connectivity index (χ4n) is 2.85. The number of carbonyl (C=O) groups excluding carboxylic acids is 1. The molecule has 1 fully saturated rings. The Balaban J connectivity index is 3.23. The molecular weight excluding hydrogens is 208 g/mol. The largest absolute Gasteiger partial charge is 0.382 e. The maximum Gasteiger partial charge on any atom is 0.382 e. The quantitative estimate of drug-likeness (QED) is 0.725. The molecule has 14 heavy (non-hydrogen) atoms. The minimum Gasteiger partial charge on any atom is -0.359 e. The molecule has 5 heteroatoms. The minimum absolute atomic E-state index is 0.295. The lowest BCUT2D eigenvalue weighted by molar-refractivity contribution is -0.627. The van der Waals surface area contributed by atoms with E-state index in [1.807, 2.05) is 0 Å². The molecule has 0 atom stereocenters. The van der Waals surface area contributed by atoms with Gasteiger partial charge in [0.25, 0.3) is 16.5 Å². The summed E-state index contributed by atoms with van der Waals surface area (Å²) in [4.78, 5) is 12.1. The summed E-state index contributed by atoms with van der Waals surface area (Å²) in [6.07, 6.45) is 0. The van der Waals surface area contributed by atoms with E-state index in [0.717, 1.165) is 16.9 Å². The Labute approximate surface area is 89.3 Å². The first-order valence-corrected chi connectivity index (χ1v) is 12.2. The molecule has 1 saturated heterocycles. The van der Waals surface area contributed by atoms with Gasteiger partial charge in [-0.15, -0.1) is 0 Å². The topological polar surface area (TPSA) is 29.1 Å². The van der Waals surface area contributed by atoms with Gasteiger partial charge in [-0.25, -0.2) is 4.79 Å². The number of hydrogen-bond donors (Lipinski definition) is 1. The van der Waals surface area contributed by atoms with E-state index in [2.05, 4.69) is 44.6 Å². The second-order valence-corrected chi connectivity index (χ2v) is 16.8. The second-order valence-electron chi connectivity index (χ2n) is 6.11. The van der Waals surface area contributed by atoms with Crippen molar-refractivity contribution in [3.8, 4) is 0 Å². The Bertz CT molecular complexity index is 239. The van der Waals surface area contributed by atoms with Crippen LogP contribution in [0.1, 0.15) is 0 Å². The summed E-state index contributed by atoms with van der Waals surface area (Å²) in [5.74, 6) is 0. The first kappa shape index (κ1) is 11.9. The Morgan fingerprint density at radius 2 is 1.50 bits per heavy atom. The number of rotatable bonds is 2. The molecule has 0 saturated carbocycles. The lowest BCUT2D eigenvalue weighted by Crippen LogP contribution is -2.75. The van der Waals surface area contributed by atoms with E-state index >= 15 is 0 Å². The molecule has 2 amide bonds. The third-order valence-corrected chi connectivity index (χ3v) is 12.8. The Hall–Kier alpha value is -0.136. The summed E-state index contributed by atoms with van der Waals surface area (Å²) in [6.45, 7) is 15.8. The predicted molar refractivity (Wildman–Crippen MR) is 65.2 cm³/mol. The average Bonchev–Trinajstić information content (AvgIpc) is 2.27. The molecule has 1 aliphatic rings. The fourth-order valence-corrected chi connectivity index (χ4v) is 13.8. The summed E-state index contributed by atoms with van der Waals surface area (Å²) in [6, 6.07) is 0.295. The van der Waals surface area contributed by atoms with Gasteiger partial charge >= 0.3 is 6.03 Å². The maximum atomic E-state index is 12.1. The van der Waals surface area contributed by atoms with Gasteiger partial charge in [-0.2, -0.15) is 0 Å². The van der Waals surface area contributed by atoms with E-state index in [1.165, 1.54) is 0 Å². The van der Waals surface area contributed by atoms with E-state index in [4.69, 9.17) is 0 Å². The summed E-state index contributed by atoms with van der Waals surface area (Å²) in [5.41, 5.74) is 0. The Morgan fingerprint density at radius 1 is 1.07 bits per heavy atom. The summed E-state index contributed by atoms with van der Waals surface area (Å²) in [5, 5.41) is 3.03. The van der Waals surface area contributed by atoms with Crippen molar-refractivity contribution in [3.05, 3.63) is 0 Å². The van der Waals surface area contributed by atoms with Gasteiger partial charge in [0.2, 0.25) is 0 Å². The van der Waals surface area contributed by atoms with Crippen LogP contribution < -0.4 is 5.32 Å². The standard InChI is InChI=1S/C9H22N2OSi2/c1-13(2,3)11(14(4,5)6)8-7-10-9(11)12/h7-8H2,1-6H3/p+1. The number of nitrogens with zero attached hydrogens (tertiary/aromatic N) is 1. The zero-order chi connectivity index (χ0) is 11.2. The highest BCUT2D eigenvalue weighted by Crippen LogP contribution is 2.32. The van der Waals surface area contributed by atoms with Crippen LogP contribution in [0.15, 0.2) is 0 Å². The lowest BCUT2D eigenvalue weighted by atomic mass is 10.7. The van der Waals surface area contributed by atoms with Crippen molar-refractivity contribution in [1.82, 2.24) is 5.32 Å². The van der Waals surface area contributed by atoms with Crippen molar-refractivity contribution in [2.75, 3.05) is 13.1 Å². The van der Waals surface area contributed by atoms with Gasteiger partial charge in [0.15, 0.2) is 0 Å². The maximum absolute atomic E-state index is 12.1. The molecule has 0 aromatic rings. The number of carbonyl (C=O) groups is 1. The van der Waals surface area contributed by atoms with E-state index in [0.29, 0.717) is 6.03 Å². The normalized spacial score (nSPS) is 22.3. The number of quaternary nitrogens is 1. The first-order valence-electron chi connectivity index (χ1n) is 5.29. The number of urea groups is 1. The predicted octanol–water partition coefficient (Wildman–Crippen LogP) is 2.20. The van der Waals surface area contributed by atoms with Crippen LogP contribution in [0.5, 0.6) is 0 Å². The molecule has 3 nitrogen and oxygen atoms in total. The SMILES string of the molecule is C[Si](C)(C)[N+]1([Si](C)(C)C)CCNC1=O. The van der Waals surface area contributed by atoms with Gasteiger partial charge in [-0.05, 0) is 39.3 Å². The molecule has 0 bridgehead atoms. The fraction of sp³-hybridized carbons (Fsp3) is 0.889. The third-order valence-electron chi connectivity index (χ3n) is 3.36. The highest BCUT2D eigenvalue weighted by Gasteiger charge is 2.59. The van der Waals surface area contributed by atoms with Crippen LogP contribution in [0, 0.1) is 0 Å². The number of nitrogens with one attached hydrogen (secondary N) is 1. The monoisotopic (exact) mass is 231 g/mol. The molecule has 0 aromatic carbocycles. The van der Waals surface area contributed by atoms with Crippen molar-refractivity contribution in [3.63, 3.8) is 0 Å². The van der Waals surface area contributed by atoms with Crippen LogP contribution >= 0.6 is 0 Å². The lowest BCUT2D eigenvalue weighted by Gasteiger charge is -2.50. The van der Waals surface area contributed by atoms with E-state index in [9.17, 15) is 4.79 Å². The highest BCUT2D eigenvalue weighted by molar-refractivity contribution is 6.84. The minimum atomic E-state index is -1.49. The summed E-state index contributed by atoms with van der Waals surface area (Å²) >= 11 is 0. The van der Waals surface area contributed by atoms with Gasteiger partial charge in [-0.3, -0.25) is 0 Å². The molecule has 0 aromatic heterocycles.